The number of aromatic hydroxyl groups is 4. The third-order valence-corrected chi connectivity index (χ3v) is 22.1. The molecule has 41 heteroatoms. The first-order chi connectivity index (χ1) is 66.1. The van der Waals surface area contributed by atoms with Gasteiger partial charge in [0.25, 0.3) is 5.56 Å². The Morgan fingerprint density at radius 1 is 0.489 bits per heavy atom. The Labute approximate surface area is 801 Å². The molecule has 7 heterocycles. The number of anilines is 1. The van der Waals surface area contributed by atoms with Crippen LogP contribution in [0.25, 0.3) is 118 Å². The number of aryl methyl sites for hydroxylation is 2. The van der Waals surface area contributed by atoms with Crippen molar-refractivity contribution in [1.82, 2.24) is 113 Å². The topological polar surface area (TPSA) is 555 Å². The van der Waals surface area contributed by atoms with E-state index in [1.807, 2.05) is 188 Å². The summed E-state index contributed by atoms with van der Waals surface area (Å²) in [6.07, 6.45) is 2.14. The molecule has 0 saturated carbocycles. The number of nitriles is 1. The second-order valence-electron chi connectivity index (χ2n) is 30.4. The van der Waals surface area contributed by atoms with Gasteiger partial charge >= 0.3 is 5.69 Å². The van der Waals surface area contributed by atoms with Crippen LogP contribution in [0.5, 0.6) is 28.7 Å². The fourth-order valence-electron chi connectivity index (χ4n) is 14.4. The Hall–Kier alpha value is -18.0. The molecule has 0 bridgehead atoms. The monoisotopic (exact) mass is 1970 g/mol. The predicted octanol–water partition coefficient (Wildman–Crippen LogP) is 19.8. The lowest BCUT2D eigenvalue weighted by Crippen LogP contribution is -2.16. The Bertz CT molecular complexity index is 7580. The number of H-pyrrole nitrogens is 6. The van der Waals surface area contributed by atoms with Crippen LogP contribution in [0.4, 0.5) is 22.7 Å². The minimum atomic E-state index is -0.623. The molecule has 1 aliphatic heterocycles. The number of aromatic nitrogens is 22. The van der Waals surface area contributed by atoms with Crippen molar-refractivity contribution in [2.24, 2.45) is 25.7 Å². The Balaban J connectivity index is 0.000000133. The fraction of sp³-hybridized carbons (Fsp3) is 0.0833. The Kier molecular flexibility index (Phi) is 31.1. The number of methoxy groups -OCH3 is 1. The third-order valence-electron chi connectivity index (χ3n) is 21.1. The summed E-state index contributed by atoms with van der Waals surface area (Å²) >= 11 is 6.61. The number of nitrogens with two attached hydrogens (primary N) is 1. The maximum Gasteiger partial charge on any atom is 0.311 e. The molecule has 0 atom stereocenters. The highest BCUT2D eigenvalue weighted by molar-refractivity contribution is 9.10. The maximum atomic E-state index is 13.3. The molecule has 6 aromatic heterocycles. The number of nitrogen functional groups attached to an aromatic ring is 1. The number of nitro groups is 1. The number of hydrogen-bond donors (Lipinski definition) is 11. The maximum absolute atomic E-state index is 13.3. The van der Waals surface area contributed by atoms with Crippen LogP contribution >= 0.6 is 44.3 Å². The van der Waals surface area contributed by atoms with E-state index in [1.54, 1.807) is 99.0 Å². The SMILES string of the molecule is Brc1cccc(-c2nn[nH]n2)c1.COc1ccccc1-c1cccc(-c2nn[nH]n2)c1.Cc1[nH]n(-c2ccc3c(c2)C(C)(C)CC3)c(=O)c1N=Nc1cccc(-c2cccc(C3=NN=NC3)c2)c1O.Cl.N#Cc1cccc(Br)c1.Nc1cccc(-c2cccc(-c3nn[nH]n3)c2)c1O.O=[N+]([O-])c1cccc(-c2cccc(-c3nn[nH]n3)c2)c1O.Oc1ccccc1-c1cccc(-c2nn[nH]n2)c1. The van der Waals surface area contributed by atoms with Gasteiger partial charge in [0.1, 0.15) is 29.5 Å². The highest BCUT2D eigenvalue weighted by atomic mass is 79.9. The number of halogens is 3. The summed E-state index contributed by atoms with van der Waals surface area (Å²) in [6.45, 7) is 6.68. The lowest BCUT2D eigenvalue weighted by atomic mass is 9.86. The fourth-order valence-corrected chi connectivity index (χ4v) is 15.2. The molecule has 0 amide bonds. The number of nitrogens with one attached hydrogen (secondary N) is 6. The van der Waals surface area contributed by atoms with Crippen molar-refractivity contribution in [2.75, 3.05) is 19.4 Å². The molecule has 0 saturated heterocycles. The van der Waals surface area contributed by atoms with Crippen molar-refractivity contribution in [3.8, 4) is 153 Å². The van der Waals surface area contributed by atoms with Crippen LogP contribution in [0.2, 0.25) is 0 Å². The smallest absolute Gasteiger partial charge is 0.311 e. The first-order valence-electron chi connectivity index (χ1n) is 41.4. The molecule has 0 fully saturated rings. The van der Waals surface area contributed by atoms with E-state index in [1.165, 1.54) is 27.9 Å². The number of fused-ring (bicyclic) bond motifs is 1. The van der Waals surface area contributed by atoms with E-state index >= 15 is 0 Å². The number of azo groups is 1. The molecule has 21 rings (SSSR count). The zero-order valence-electron chi connectivity index (χ0n) is 72.8. The van der Waals surface area contributed by atoms with Gasteiger partial charge in [0.15, 0.2) is 11.4 Å². The van der Waals surface area contributed by atoms with Crippen LogP contribution < -0.4 is 16.0 Å². The zero-order chi connectivity index (χ0) is 95.0. The number of nitrogens with zero attached hydrogens (tertiary/aromatic N) is 23. The lowest BCUT2D eigenvalue weighted by Gasteiger charge is -2.19. The van der Waals surface area contributed by atoms with Gasteiger partial charge in [-0.25, -0.2) is 4.68 Å². The van der Waals surface area contributed by atoms with Crippen molar-refractivity contribution in [3.05, 3.63) is 349 Å². The van der Waals surface area contributed by atoms with Crippen LogP contribution in [0, 0.1) is 28.4 Å². The molecule has 13 aromatic carbocycles. The molecule has 2 aliphatic rings. The zero-order valence-corrected chi connectivity index (χ0v) is 76.8. The highest BCUT2D eigenvalue weighted by Crippen LogP contribution is 2.43. The summed E-state index contributed by atoms with van der Waals surface area (Å²) in [6, 6.07) is 90.9. The summed E-state index contributed by atoms with van der Waals surface area (Å²) in [5.41, 5.74) is 24.2. The van der Waals surface area contributed by atoms with E-state index in [0.29, 0.717) is 80.4 Å². The van der Waals surface area contributed by atoms with Gasteiger partial charge in [-0.3, -0.25) is 20.0 Å². The summed E-state index contributed by atoms with van der Waals surface area (Å²) in [4.78, 5) is 23.5. The van der Waals surface area contributed by atoms with Gasteiger partial charge in [-0.1, -0.05) is 234 Å². The molecule has 19 aromatic rings. The van der Waals surface area contributed by atoms with Crippen LogP contribution in [-0.2, 0) is 11.8 Å². The quantitative estimate of drug-likeness (QED) is 0.0141. The Morgan fingerprint density at radius 3 is 1.40 bits per heavy atom. The molecule has 38 nitrogen and oxygen atoms in total. The molecule has 0 spiro atoms. The van der Waals surface area contributed by atoms with Crippen molar-refractivity contribution < 1.29 is 30.1 Å². The number of phenols is 4. The summed E-state index contributed by atoms with van der Waals surface area (Å²) in [7, 11) is 1.67. The largest absolute Gasteiger partial charge is 0.507 e. The second kappa shape index (κ2) is 44.8. The summed E-state index contributed by atoms with van der Waals surface area (Å²) in [5, 5.41) is 152. The van der Waals surface area contributed by atoms with Gasteiger partial charge in [0.05, 0.1) is 46.4 Å². The number of ether oxygens (including phenoxy) is 1. The van der Waals surface area contributed by atoms with E-state index in [2.05, 4.69) is 192 Å². The molecule has 137 heavy (non-hydrogen) atoms. The second-order valence-corrected chi connectivity index (χ2v) is 32.2. The van der Waals surface area contributed by atoms with E-state index in [4.69, 9.17) is 15.7 Å². The molecule has 12 N–H and O–H groups in total. The van der Waals surface area contributed by atoms with Crippen LogP contribution in [0.15, 0.2) is 331 Å². The highest BCUT2D eigenvalue weighted by Gasteiger charge is 2.31. The van der Waals surface area contributed by atoms with Crippen molar-refractivity contribution in [2.45, 2.75) is 39.0 Å². The minimum Gasteiger partial charge on any atom is -0.507 e. The van der Waals surface area contributed by atoms with Crippen molar-refractivity contribution >= 4 is 72.7 Å². The number of tetrazole rings is 5. The summed E-state index contributed by atoms with van der Waals surface area (Å²) in [5.74, 6) is 3.41. The predicted molar refractivity (Wildman–Crippen MR) is 523 cm³/mol. The van der Waals surface area contributed by atoms with E-state index in [9.17, 15) is 35.3 Å². The van der Waals surface area contributed by atoms with E-state index < -0.39 is 4.92 Å². The summed E-state index contributed by atoms with van der Waals surface area (Å²) < 4.78 is 8.84. The number of benzene rings is 13. The van der Waals surface area contributed by atoms with Gasteiger partial charge < -0.3 is 30.9 Å². The van der Waals surface area contributed by atoms with Gasteiger partial charge in [-0.2, -0.15) is 36.4 Å². The van der Waals surface area contributed by atoms with Gasteiger partial charge in [-0.15, -0.1) is 78.7 Å². The third kappa shape index (κ3) is 23.5. The molecular formula is C96H79Br2ClN30O8. The average Bonchev–Trinajstić information content (AvgIpc) is 1.62. The number of hydrogen-bond acceptors (Lipinski definition) is 30. The van der Waals surface area contributed by atoms with E-state index in [-0.39, 0.29) is 63.4 Å². The number of phenolic OH excluding ortho intramolecular Hbond substituents is 4. The molecule has 1 aliphatic carbocycles. The van der Waals surface area contributed by atoms with Crippen LogP contribution in [0.3, 0.4) is 0 Å². The van der Waals surface area contributed by atoms with Crippen molar-refractivity contribution in [1.29, 1.82) is 5.26 Å². The van der Waals surface area contributed by atoms with Gasteiger partial charge in [-0.05, 0) is 192 Å². The van der Waals surface area contributed by atoms with Crippen LogP contribution in [-0.4, -0.2) is 158 Å². The first kappa shape index (κ1) is 95.1. The number of rotatable bonds is 16. The molecular weight excluding hydrogens is 1900 g/mol. The normalized spacial score (nSPS) is 11.7. The molecule has 0 unspecified atom stereocenters. The lowest BCUT2D eigenvalue weighted by molar-refractivity contribution is -0.385. The van der Waals surface area contributed by atoms with Gasteiger partial charge in [0, 0.05) is 76.2 Å². The van der Waals surface area contributed by atoms with Crippen molar-refractivity contribution in [3.63, 3.8) is 0 Å². The van der Waals surface area contributed by atoms with E-state index in [0.717, 1.165) is 100 Å². The molecule has 682 valence electrons. The Morgan fingerprint density at radius 2 is 0.920 bits per heavy atom. The number of para-hydroxylation sites is 5. The van der Waals surface area contributed by atoms with Crippen LogP contribution in [0.1, 0.15) is 48.2 Å². The van der Waals surface area contributed by atoms with Gasteiger partial charge in [0.2, 0.25) is 34.9 Å². The number of aromatic amines is 6. The first-order valence-corrected chi connectivity index (χ1v) is 42.9. The number of nitro benzene ring substituents is 1. The minimum absolute atomic E-state index is 0. The standard InChI is InChI=1S/C29H27N7O2.C14H12N4O.C13H9N5O3.C13H11N5O.C13H10N4O.C7H5BrN4.C7H4BrN.ClH/c1-17-26(28(38)36(34-17)21-11-10-18-12-13-29(2,3)23(18)15-21)33-31-24-9-5-8-22(27(24)37)19-6-4-7-20(14-19)25-16-30-35-32-25;1-19-13-8-3-2-7-12(13)10-5-4-6-11(9-10)14-15-17-18-16-14;19-12-10(5-2-6-11(12)18(20)21)8-3-1-4-9(7-8)13-14-16-17-15-13;14-11-6-2-5-10(12(11)19)8-3-1-4-9(7-8)13-15-17-18-16-13;18-12-7-2-1-6-11(12)9-4-3-5-10(8-9)13-14-16-17-15-13;8-6-3-1-2-5(4-6)7-9-11-12-10-7;8-7-3-1-2-6(4-7)5-9;/h4-11,14-15,34,37H,12-13,16H2,1-3H3;2-9H,1H3,(H,15,16,17,18);1-7,19H,(H,14,15,16,17);1-7,19H,14H2,(H,15,16,17,18);1-8,18H,(H,14,15,16,17);1-4H,(H,9,10,11,12);1-4H;1H. The molecule has 0 radical (unpaired) electrons. The average molecular weight is 1980 g/mol.